The van der Waals surface area contributed by atoms with Gasteiger partial charge in [0.25, 0.3) is 0 Å². The highest BCUT2D eigenvalue weighted by Crippen LogP contribution is 2.38. The molecule has 4 heteroatoms. The van der Waals surface area contributed by atoms with Gasteiger partial charge in [-0.1, -0.05) is 6.42 Å². The number of hydrogen-bond donors (Lipinski definition) is 1. The lowest BCUT2D eigenvalue weighted by Crippen LogP contribution is -2.23. The van der Waals surface area contributed by atoms with Crippen molar-refractivity contribution in [3.05, 3.63) is 30.9 Å². The van der Waals surface area contributed by atoms with Crippen molar-refractivity contribution in [2.45, 2.75) is 32.2 Å². The first-order valence-corrected chi connectivity index (χ1v) is 6.50. The molecule has 2 aromatic rings. The highest BCUT2D eigenvalue weighted by atomic mass is 15.1. The van der Waals surface area contributed by atoms with Crippen LogP contribution in [0.2, 0.25) is 0 Å². The van der Waals surface area contributed by atoms with Gasteiger partial charge in [-0.2, -0.15) is 0 Å². The number of aromatic nitrogens is 3. The molecule has 1 atom stereocenters. The van der Waals surface area contributed by atoms with Crippen molar-refractivity contribution in [2.75, 3.05) is 5.73 Å². The summed E-state index contributed by atoms with van der Waals surface area (Å²) in [4.78, 5) is 8.43. The Morgan fingerprint density at radius 3 is 2.94 bits per heavy atom. The van der Waals surface area contributed by atoms with Crippen molar-refractivity contribution < 1.29 is 0 Å². The average molecular weight is 242 g/mol. The monoisotopic (exact) mass is 242 g/mol. The van der Waals surface area contributed by atoms with E-state index >= 15 is 0 Å². The normalized spacial score (nSPS) is 17.4. The topological polar surface area (TPSA) is 56.7 Å². The number of nitrogen functional groups attached to an aromatic ring is 1. The van der Waals surface area contributed by atoms with Crippen LogP contribution in [0, 0.1) is 5.92 Å². The van der Waals surface area contributed by atoms with Crippen LogP contribution in [0.15, 0.2) is 30.9 Å². The van der Waals surface area contributed by atoms with Crippen LogP contribution < -0.4 is 5.73 Å². The fraction of sp³-hybridized carbons (Fsp3) is 0.429. The van der Waals surface area contributed by atoms with E-state index in [9.17, 15) is 0 Å². The maximum absolute atomic E-state index is 5.95. The molecule has 0 radical (unpaired) electrons. The minimum atomic E-state index is 0.482. The van der Waals surface area contributed by atoms with Crippen molar-refractivity contribution in [1.29, 1.82) is 0 Å². The minimum Gasteiger partial charge on any atom is -0.383 e. The Morgan fingerprint density at radius 2 is 2.28 bits per heavy atom. The first-order chi connectivity index (χ1) is 8.77. The summed E-state index contributed by atoms with van der Waals surface area (Å²) < 4.78 is 2.23. The van der Waals surface area contributed by atoms with Crippen molar-refractivity contribution in [3.8, 4) is 11.3 Å². The van der Waals surface area contributed by atoms with Crippen LogP contribution >= 0.6 is 0 Å². The quantitative estimate of drug-likeness (QED) is 0.900. The summed E-state index contributed by atoms with van der Waals surface area (Å²) in [5.74, 6) is 1.34. The molecule has 2 N–H and O–H groups in total. The maximum atomic E-state index is 5.95. The van der Waals surface area contributed by atoms with E-state index in [0.29, 0.717) is 11.9 Å². The van der Waals surface area contributed by atoms with Gasteiger partial charge in [-0.3, -0.25) is 0 Å². The van der Waals surface area contributed by atoms with Crippen LogP contribution in [-0.4, -0.2) is 14.5 Å². The number of nitrogens with zero attached hydrogens (tertiary/aromatic N) is 3. The van der Waals surface area contributed by atoms with Crippen LogP contribution in [0.4, 0.5) is 5.82 Å². The second-order valence-corrected chi connectivity index (χ2v) is 5.05. The van der Waals surface area contributed by atoms with E-state index in [4.69, 9.17) is 5.73 Å². The number of anilines is 1. The summed E-state index contributed by atoms with van der Waals surface area (Å²) in [5.41, 5.74) is 7.99. The molecule has 0 spiro atoms. The smallest absolute Gasteiger partial charge is 0.132 e. The van der Waals surface area contributed by atoms with Crippen molar-refractivity contribution in [1.82, 2.24) is 14.5 Å². The largest absolute Gasteiger partial charge is 0.383 e. The van der Waals surface area contributed by atoms with Gasteiger partial charge in [0.05, 0.1) is 18.2 Å². The third kappa shape index (κ3) is 1.78. The molecule has 2 aromatic heterocycles. The van der Waals surface area contributed by atoms with E-state index < -0.39 is 0 Å². The summed E-state index contributed by atoms with van der Waals surface area (Å²) in [6.07, 6.45) is 9.50. The molecule has 1 saturated carbocycles. The van der Waals surface area contributed by atoms with Gasteiger partial charge in [-0.25, -0.2) is 9.97 Å². The van der Waals surface area contributed by atoms with Crippen LogP contribution in [0.25, 0.3) is 11.3 Å². The number of imidazole rings is 1. The zero-order valence-electron chi connectivity index (χ0n) is 10.6. The van der Waals surface area contributed by atoms with E-state index in [1.165, 1.54) is 19.3 Å². The van der Waals surface area contributed by atoms with Gasteiger partial charge in [0.15, 0.2) is 0 Å². The van der Waals surface area contributed by atoms with E-state index in [1.54, 1.807) is 6.20 Å². The Bertz CT molecular complexity index is 542. The van der Waals surface area contributed by atoms with Gasteiger partial charge >= 0.3 is 0 Å². The van der Waals surface area contributed by atoms with Crippen LogP contribution in [0.5, 0.6) is 0 Å². The molecule has 4 nitrogen and oxygen atoms in total. The molecular formula is C14H18N4. The molecule has 0 aliphatic heterocycles. The Morgan fingerprint density at radius 1 is 1.44 bits per heavy atom. The Hall–Kier alpha value is -1.84. The number of hydrogen-bond acceptors (Lipinski definition) is 3. The van der Waals surface area contributed by atoms with Gasteiger partial charge in [-0.05, 0) is 37.8 Å². The van der Waals surface area contributed by atoms with Gasteiger partial charge < -0.3 is 10.3 Å². The summed E-state index contributed by atoms with van der Waals surface area (Å²) in [7, 11) is 0. The first kappa shape index (κ1) is 11.3. The molecule has 94 valence electrons. The lowest BCUT2D eigenvalue weighted by Gasteiger charge is -2.33. The van der Waals surface area contributed by atoms with E-state index in [1.807, 2.05) is 24.7 Å². The highest BCUT2D eigenvalue weighted by molar-refractivity contribution is 5.70. The molecule has 3 rings (SSSR count). The average Bonchev–Trinajstić information content (AvgIpc) is 2.76. The summed E-state index contributed by atoms with van der Waals surface area (Å²) >= 11 is 0. The molecule has 0 bridgehead atoms. The minimum absolute atomic E-state index is 0.482. The molecule has 18 heavy (non-hydrogen) atoms. The predicted octanol–water partition coefficient (Wildman–Crippen LogP) is 2.89. The molecule has 1 unspecified atom stereocenters. The summed E-state index contributed by atoms with van der Waals surface area (Å²) in [6, 6.07) is 4.40. The lowest BCUT2D eigenvalue weighted by molar-refractivity contribution is 0.223. The SMILES string of the molecule is CC(C1CCC1)n1cncc1-c1cccnc1N. The van der Waals surface area contributed by atoms with Crippen LogP contribution in [0.3, 0.4) is 0 Å². The molecule has 0 amide bonds. The van der Waals surface area contributed by atoms with Gasteiger partial charge in [0, 0.05) is 17.8 Å². The second-order valence-electron chi connectivity index (χ2n) is 5.05. The van der Waals surface area contributed by atoms with Crippen LogP contribution in [-0.2, 0) is 0 Å². The molecular weight excluding hydrogens is 224 g/mol. The van der Waals surface area contributed by atoms with E-state index in [-0.39, 0.29) is 0 Å². The Labute approximate surface area is 107 Å². The highest BCUT2D eigenvalue weighted by Gasteiger charge is 2.26. The predicted molar refractivity (Wildman–Crippen MR) is 71.9 cm³/mol. The Balaban J connectivity index is 1.98. The standard InChI is InChI=1S/C14H18N4/c1-10(11-4-2-5-11)18-9-16-8-13(18)12-6-3-7-17-14(12)15/h3,6-11H,2,4-5H2,1H3,(H2,15,17). The van der Waals surface area contributed by atoms with Gasteiger partial charge in [0.1, 0.15) is 5.82 Å². The van der Waals surface area contributed by atoms with Crippen molar-refractivity contribution >= 4 is 5.82 Å². The fourth-order valence-electron chi connectivity index (χ4n) is 2.62. The summed E-state index contributed by atoms with van der Waals surface area (Å²) in [6.45, 7) is 2.27. The van der Waals surface area contributed by atoms with Crippen molar-refractivity contribution in [3.63, 3.8) is 0 Å². The summed E-state index contributed by atoms with van der Waals surface area (Å²) in [5, 5.41) is 0. The zero-order chi connectivity index (χ0) is 12.5. The second kappa shape index (κ2) is 4.44. The molecule has 1 aliphatic rings. The number of nitrogens with two attached hydrogens (primary N) is 1. The zero-order valence-corrected chi connectivity index (χ0v) is 10.6. The number of rotatable bonds is 3. The Kier molecular flexibility index (Phi) is 2.78. The maximum Gasteiger partial charge on any atom is 0.132 e. The first-order valence-electron chi connectivity index (χ1n) is 6.50. The molecule has 1 aliphatic carbocycles. The van der Waals surface area contributed by atoms with Crippen molar-refractivity contribution in [2.24, 2.45) is 5.92 Å². The molecule has 0 saturated heterocycles. The number of pyridine rings is 1. The fourth-order valence-corrected chi connectivity index (χ4v) is 2.62. The molecule has 1 fully saturated rings. The van der Waals surface area contributed by atoms with E-state index in [2.05, 4.69) is 21.5 Å². The third-order valence-corrected chi connectivity index (χ3v) is 4.05. The van der Waals surface area contributed by atoms with Gasteiger partial charge in [-0.15, -0.1) is 0 Å². The van der Waals surface area contributed by atoms with E-state index in [0.717, 1.165) is 17.2 Å². The third-order valence-electron chi connectivity index (χ3n) is 4.05. The van der Waals surface area contributed by atoms with Gasteiger partial charge in [0.2, 0.25) is 0 Å². The molecule has 2 heterocycles. The van der Waals surface area contributed by atoms with Crippen LogP contribution in [0.1, 0.15) is 32.2 Å². The lowest BCUT2D eigenvalue weighted by atomic mass is 9.80. The molecule has 0 aromatic carbocycles.